The molecule has 2 heterocycles. The summed E-state index contributed by atoms with van der Waals surface area (Å²) in [4.78, 5) is 4.97. The first-order chi connectivity index (χ1) is 17.7. The van der Waals surface area contributed by atoms with Gasteiger partial charge < -0.3 is 19.3 Å². The molecule has 2 aliphatic carbocycles. The van der Waals surface area contributed by atoms with E-state index in [0.717, 1.165) is 83.6 Å². The molecule has 9 nitrogen and oxygen atoms in total. The second-order valence-corrected chi connectivity index (χ2v) is 11.3. The van der Waals surface area contributed by atoms with Gasteiger partial charge in [0.15, 0.2) is 0 Å². The van der Waals surface area contributed by atoms with Gasteiger partial charge in [0.05, 0.1) is 38.6 Å². The van der Waals surface area contributed by atoms with Crippen molar-refractivity contribution in [3.8, 4) is 0 Å². The van der Waals surface area contributed by atoms with Gasteiger partial charge in [0.1, 0.15) is 6.29 Å². The van der Waals surface area contributed by atoms with Crippen LogP contribution in [0.1, 0.15) is 51.4 Å². The number of piperazine rings is 1. The van der Waals surface area contributed by atoms with Crippen LogP contribution in [0.5, 0.6) is 0 Å². The molecule has 0 spiro atoms. The predicted octanol–water partition coefficient (Wildman–Crippen LogP) is 0.828. The van der Waals surface area contributed by atoms with Crippen LogP contribution in [0.15, 0.2) is 0 Å². The van der Waals surface area contributed by atoms with Crippen molar-refractivity contribution in [2.75, 3.05) is 85.9 Å². The summed E-state index contributed by atoms with van der Waals surface area (Å²) in [6.45, 7) is 10.8. The zero-order chi connectivity index (χ0) is 25.0. The second-order valence-electron chi connectivity index (χ2n) is 11.3. The van der Waals surface area contributed by atoms with Crippen molar-refractivity contribution in [1.82, 2.24) is 25.8 Å². The molecular weight excluding hydrogens is 458 g/mol. The van der Waals surface area contributed by atoms with E-state index < -0.39 is 0 Å². The van der Waals surface area contributed by atoms with Crippen molar-refractivity contribution in [2.24, 2.45) is 11.8 Å². The van der Waals surface area contributed by atoms with Crippen LogP contribution in [0.2, 0.25) is 0 Å². The van der Waals surface area contributed by atoms with Crippen molar-refractivity contribution < 1.29 is 19.3 Å². The molecule has 210 valence electrons. The van der Waals surface area contributed by atoms with E-state index in [9.17, 15) is 0 Å². The quantitative estimate of drug-likeness (QED) is 0.269. The van der Waals surface area contributed by atoms with Gasteiger partial charge in [-0.1, -0.05) is 0 Å². The minimum Gasteiger partial charge on any atom is -0.394 e. The Morgan fingerprint density at radius 2 is 1.36 bits per heavy atom. The molecular formula is C27H53N5O4. The Labute approximate surface area is 219 Å². The second kappa shape index (κ2) is 15.9. The Morgan fingerprint density at radius 3 is 1.97 bits per heavy atom. The first-order valence-electron chi connectivity index (χ1n) is 14.7. The largest absolute Gasteiger partial charge is 0.394 e. The van der Waals surface area contributed by atoms with Crippen molar-refractivity contribution in [1.29, 1.82) is 0 Å². The first-order valence-corrected chi connectivity index (χ1v) is 14.7. The van der Waals surface area contributed by atoms with Crippen molar-refractivity contribution in [3.05, 3.63) is 0 Å². The number of hydrogen-bond donors (Lipinski definition) is 4. The number of aliphatic hydroxyl groups excluding tert-OH is 1. The van der Waals surface area contributed by atoms with Crippen LogP contribution in [-0.2, 0) is 14.2 Å². The third-order valence-corrected chi connectivity index (χ3v) is 8.98. The van der Waals surface area contributed by atoms with Crippen LogP contribution in [0.4, 0.5) is 0 Å². The van der Waals surface area contributed by atoms with Gasteiger partial charge >= 0.3 is 0 Å². The highest BCUT2D eigenvalue weighted by molar-refractivity contribution is 4.87. The Morgan fingerprint density at radius 1 is 0.750 bits per heavy atom. The van der Waals surface area contributed by atoms with Gasteiger partial charge in [-0.3, -0.25) is 25.8 Å². The molecule has 2 saturated heterocycles. The lowest BCUT2D eigenvalue weighted by Gasteiger charge is -2.40. The first kappa shape index (κ1) is 28.6. The van der Waals surface area contributed by atoms with E-state index in [1.54, 1.807) is 0 Å². The average molecular weight is 512 g/mol. The van der Waals surface area contributed by atoms with Gasteiger partial charge in [0, 0.05) is 65.5 Å². The fraction of sp³-hybridized carbons (Fsp3) is 1.00. The lowest BCUT2D eigenvalue weighted by molar-refractivity contribution is 0.000831. The summed E-state index contributed by atoms with van der Waals surface area (Å²) in [5.74, 6) is 1.59. The van der Waals surface area contributed by atoms with E-state index in [4.69, 9.17) is 19.3 Å². The van der Waals surface area contributed by atoms with Crippen molar-refractivity contribution >= 4 is 0 Å². The van der Waals surface area contributed by atoms with Gasteiger partial charge in [-0.15, -0.1) is 0 Å². The van der Waals surface area contributed by atoms with E-state index in [2.05, 4.69) is 25.8 Å². The topological polar surface area (TPSA) is 90.5 Å². The summed E-state index contributed by atoms with van der Waals surface area (Å²) < 4.78 is 17.2. The minimum absolute atomic E-state index is 0.109. The highest BCUT2D eigenvalue weighted by atomic mass is 16.5. The van der Waals surface area contributed by atoms with Crippen molar-refractivity contribution in [3.63, 3.8) is 0 Å². The summed E-state index contributed by atoms with van der Waals surface area (Å²) in [7, 11) is 1.86. The number of ether oxygens (including phenoxy) is 3. The number of aliphatic hydroxyl groups is 1. The highest BCUT2D eigenvalue weighted by Gasteiger charge is 2.31. The summed E-state index contributed by atoms with van der Waals surface area (Å²) in [5.41, 5.74) is 0. The van der Waals surface area contributed by atoms with Crippen LogP contribution >= 0.6 is 0 Å². The number of methoxy groups -OCH3 is 1. The third-order valence-electron chi connectivity index (χ3n) is 8.98. The van der Waals surface area contributed by atoms with Crippen molar-refractivity contribution in [2.45, 2.75) is 75.9 Å². The third kappa shape index (κ3) is 9.43. The van der Waals surface area contributed by atoms with Crippen LogP contribution in [0.25, 0.3) is 0 Å². The summed E-state index contributed by atoms with van der Waals surface area (Å²) in [6.07, 6.45) is 11.0. The van der Waals surface area contributed by atoms with Crippen LogP contribution in [0, 0.1) is 11.8 Å². The number of nitrogens with one attached hydrogen (secondary N) is 3. The molecule has 4 rings (SSSR count). The lowest BCUT2D eigenvalue weighted by atomic mass is 9.78. The fourth-order valence-corrected chi connectivity index (χ4v) is 6.51. The monoisotopic (exact) mass is 511 g/mol. The Hall–Kier alpha value is -0.360. The maximum absolute atomic E-state index is 8.78. The molecule has 36 heavy (non-hydrogen) atoms. The minimum atomic E-state index is 0.109. The predicted molar refractivity (Wildman–Crippen MR) is 142 cm³/mol. The summed E-state index contributed by atoms with van der Waals surface area (Å²) >= 11 is 0. The molecule has 2 saturated carbocycles. The zero-order valence-electron chi connectivity index (χ0n) is 22.7. The van der Waals surface area contributed by atoms with Gasteiger partial charge in [0.2, 0.25) is 0 Å². The van der Waals surface area contributed by atoms with Crippen LogP contribution < -0.4 is 16.0 Å². The summed E-state index contributed by atoms with van der Waals surface area (Å²) in [5, 5.41) is 20.1. The van der Waals surface area contributed by atoms with E-state index in [1.165, 1.54) is 38.5 Å². The highest BCUT2D eigenvalue weighted by Crippen LogP contribution is 2.32. The molecule has 0 amide bonds. The molecule has 0 unspecified atom stereocenters. The number of hydrogen-bond acceptors (Lipinski definition) is 9. The molecule has 9 heteroatoms. The maximum Gasteiger partial charge on any atom is 0.112 e. The van der Waals surface area contributed by atoms with E-state index >= 15 is 0 Å². The van der Waals surface area contributed by atoms with Gasteiger partial charge in [-0.2, -0.15) is 0 Å². The Kier molecular flexibility index (Phi) is 12.7. The number of rotatable bonds is 13. The van der Waals surface area contributed by atoms with E-state index in [0.29, 0.717) is 31.5 Å². The summed E-state index contributed by atoms with van der Waals surface area (Å²) in [6, 6.07) is 0.581. The average Bonchev–Trinajstić information content (AvgIpc) is 2.93. The lowest BCUT2D eigenvalue weighted by Crippen LogP contribution is -2.63. The molecule has 4 N–H and O–H groups in total. The van der Waals surface area contributed by atoms with Gasteiger partial charge in [-0.05, 0) is 63.2 Å². The Balaban J connectivity index is 1.00. The molecule has 0 atom stereocenters. The molecule has 4 fully saturated rings. The van der Waals surface area contributed by atoms with Crippen LogP contribution in [-0.4, -0.2) is 125 Å². The molecule has 0 aromatic rings. The van der Waals surface area contributed by atoms with Gasteiger partial charge in [0.25, 0.3) is 0 Å². The zero-order valence-corrected chi connectivity index (χ0v) is 22.7. The standard InChI is InChI=1S/C27H53N5O4/c1-34-25-6-2-22(3-7-25)23-20-28-27(29-21-23)30-24-4-8-26(9-5-24)36-18-15-32-12-10-31(11-13-32)14-17-35-19-16-33/h22-30,33H,2-21H2,1H3. The molecule has 0 radical (unpaired) electrons. The van der Waals surface area contributed by atoms with E-state index in [1.807, 2.05) is 7.11 Å². The maximum atomic E-state index is 8.78. The normalized spacial score (nSPS) is 35.2. The van der Waals surface area contributed by atoms with Crippen LogP contribution in [0.3, 0.4) is 0 Å². The molecule has 0 aromatic heterocycles. The molecule has 0 aromatic carbocycles. The van der Waals surface area contributed by atoms with E-state index in [-0.39, 0.29) is 12.9 Å². The number of nitrogens with zero attached hydrogens (tertiary/aromatic N) is 2. The Bertz CT molecular complexity index is 571. The smallest absolute Gasteiger partial charge is 0.112 e. The molecule has 0 bridgehead atoms. The fourth-order valence-electron chi connectivity index (χ4n) is 6.51. The SMILES string of the molecule is COC1CCC(C2CNC(NC3CCC(OCCN4CCN(CCOCCO)CC4)CC3)NC2)CC1. The molecule has 4 aliphatic rings. The van der Waals surface area contributed by atoms with Gasteiger partial charge in [-0.25, -0.2) is 0 Å². The molecule has 2 aliphatic heterocycles.